The van der Waals surface area contributed by atoms with Gasteiger partial charge in [-0.2, -0.15) is 0 Å². The molecular formula is C23H39IN4O2. The van der Waals surface area contributed by atoms with Crippen LogP contribution in [0.5, 0.6) is 11.5 Å². The molecule has 1 aromatic carbocycles. The van der Waals surface area contributed by atoms with Crippen molar-refractivity contribution in [2.24, 2.45) is 10.9 Å². The predicted octanol–water partition coefficient (Wildman–Crippen LogP) is 3.85. The van der Waals surface area contributed by atoms with Crippen LogP contribution >= 0.6 is 24.0 Å². The van der Waals surface area contributed by atoms with E-state index in [1.807, 2.05) is 24.3 Å². The molecule has 2 heterocycles. The van der Waals surface area contributed by atoms with Crippen molar-refractivity contribution in [3.63, 3.8) is 0 Å². The van der Waals surface area contributed by atoms with Crippen LogP contribution in [0.25, 0.3) is 0 Å². The van der Waals surface area contributed by atoms with E-state index in [1.54, 1.807) is 7.11 Å². The maximum atomic E-state index is 6.06. The lowest BCUT2D eigenvalue weighted by Gasteiger charge is -2.29. The highest BCUT2D eigenvalue weighted by Gasteiger charge is 2.27. The van der Waals surface area contributed by atoms with Gasteiger partial charge in [0.05, 0.1) is 13.7 Å². The average molecular weight is 530 g/mol. The van der Waals surface area contributed by atoms with E-state index in [9.17, 15) is 0 Å². The van der Waals surface area contributed by atoms with Crippen molar-refractivity contribution >= 4 is 29.9 Å². The summed E-state index contributed by atoms with van der Waals surface area (Å²) in [6.45, 7) is 11.7. The molecule has 7 heteroatoms. The lowest BCUT2D eigenvalue weighted by molar-refractivity contribution is 0.198. The van der Waals surface area contributed by atoms with Crippen molar-refractivity contribution in [3.8, 4) is 11.5 Å². The minimum Gasteiger partial charge on any atom is -0.493 e. The van der Waals surface area contributed by atoms with E-state index in [2.05, 4.69) is 29.0 Å². The highest BCUT2D eigenvalue weighted by molar-refractivity contribution is 14.0. The number of likely N-dealkylation sites (tertiary alicyclic amines) is 2. The van der Waals surface area contributed by atoms with Crippen LogP contribution in [-0.2, 0) is 0 Å². The van der Waals surface area contributed by atoms with Crippen molar-refractivity contribution in [1.82, 2.24) is 15.1 Å². The SMILES string of the molecule is CCNC(=NCC(C)Oc1ccccc1OC)N1CCC(CN2CCCCC2)C1.I. The molecule has 3 rings (SSSR count). The van der Waals surface area contributed by atoms with E-state index in [4.69, 9.17) is 14.5 Å². The number of benzene rings is 1. The Morgan fingerprint density at radius 1 is 1.17 bits per heavy atom. The molecule has 2 atom stereocenters. The third-order valence-electron chi connectivity index (χ3n) is 5.78. The van der Waals surface area contributed by atoms with Crippen molar-refractivity contribution in [2.75, 3.05) is 52.9 Å². The van der Waals surface area contributed by atoms with Crippen molar-refractivity contribution < 1.29 is 9.47 Å². The second-order valence-electron chi connectivity index (χ2n) is 8.24. The molecule has 0 bridgehead atoms. The Bertz CT molecular complexity index is 652. The molecule has 0 radical (unpaired) electrons. The summed E-state index contributed by atoms with van der Waals surface area (Å²) in [5.74, 6) is 3.30. The Kier molecular flexibility index (Phi) is 11.1. The quantitative estimate of drug-likeness (QED) is 0.315. The summed E-state index contributed by atoms with van der Waals surface area (Å²) in [5.41, 5.74) is 0. The van der Waals surface area contributed by atoms with Crippen LogP contribution < -0.4 is 14.8 Å². The fourth-order valence-corrected chi connectivity index (χ4v) is 4.29. The van der Waals surface area contributed by atoms with Crippen molar-refractivity contribution in [3.05, 3.63) is 24.3 Å². The standard InChI is InChI=1S/C23H38N4O2.HI/c1-4-24-23(25-16-19(2)29-22-11-7-6-10-21(22)28-3)27-15-12-20(18-27)17-26-13-8-5-9-14-26;/h6-7,10-11,19-20H,4-5,8-9,12-18H2,1-3H3,(H,24,25);1H. The molecule has 1 N–H and O–H groups in total. The molecule has 30 heavy (non-hydrogen) atoms. The third-order valence-corrected chi connectivity index (χ3v) is 5.78. The highest BCUT2D eigenvalue weighted by atomic mass is 127. The maximum Gasteiger partial charge on any atom is 0.194 e. The summed E-state index contributed by atoms with van der Waals surface area (Å²) >= 11 is 0. The number of piperidine rings is 1. The highest BCUT2D eigenvalue weighted by Crippen LogP contribution is 2.27. The molecular weight excluding hydrogens is 491 g/mol. The van der Waals surface area contributed by atoms with Gasteiger partial charge < -0.3 is 24.6 Å². The van der Waals surface area contributed by atoms with Crippen LogP contribution in [0.15, 0.2) is 29.3 Å². The Labute approximate surface area is 199 Å². The number of nitrogens with one attached hydrogen (secondary N) is 1. The van der Waals surface area contributed by atoms with Crippen molar-refractivity contribution in [2.45, 2.75) is 45.6 Å². The van der Waals surface area contributed by atoms with E-state index in [1.165, 1.54) is 45.3 Å². The first-order valence-electron chi connectivity index (χ1n) is 11.2. The van der Waals surface area contributed by atoms with Gasteiger partial charge >= 0.3 is 0 Å². The zero-order valence-corrected chi connectivity index (χ0v) is 21.1. The number of hydrogen-bond acceptors (Lipinski definition) is 4. The molecule has 0 aliphatic carbocycles. The van der Waals surface area contributed by atoms with Crippen LogP contribution in [0.3, 0.4) is 0 Å². The molecule has 2 saturated heterocycles. The fourth-order valence-electron chi connectivity index (χ4n) is 4.29. The van der Waals surface area contributed by atoms with Crippen LogP contribution in [0.2, 0.25) is 0 Å². The van der Waals surface area contributed by atoms with Gasteiger partial charge in [-0.05, 0) is 64.3 Å². The molecule has 6 nitrogen and oxygen atoms in total. The Morgan fingerprint density at radius 3 is 2.60 bits per heavy atom. The van der Waals surface area contributed by atoms with Gasteiger partial charge in [0.2, 0.25) is 0 Å². The van der Waals surface area contributed by atoms with Crippen LogP contribution in [0.1, 0.15) is 39.5 Å². The normalized spacial score (nSPS) is 21.1. The second kappa shape index (κ2) is 13.2. The molecule has 0 saturated carbocycles. The molecule has 2 aliphatic rings. The molecule has 2 fully saturated rings. The van der Waals surface area contributed by atoms with E-state index in [0.29, 0.717) is 6.54 Å². The Hall–Kier alpha value is -1.22. The first-order chi connectivity index (χ1) is 14.2. The largest absolute Gasteiger partial charge is 0.493 e. The fraction of sp³-hybridized carbons (Fsp3) is 0.696. The number of guanidine groups is 1. The van der Waals surface area contributed by atoms with Gasteiger partial charge in [-0.25, -0.2) is 4.99 Å². The van der Waals surface area contributed by atoms with Gasteiger partial charge in [0.15, 0.2) is 17.5 Å². The maximum absolute atomic E-state index is 6.06. The summed E-state index contributed by atoms with van der Waals surface area (Å²) in [6, 6.07) is 7.77. The number of hydrogen-bond donors (Lipinski definition) is 1. The van der Waals surface area contributed by atoms with Gasteiger partial charge in [0.1, 0.15) is 6.10 Å². The van der Waals surface area contributed by atoms with E-state index < -0.39 is 0 Å². The molecule has 0 aromatic heterocycles. The molecule has 1 aromatic rings. The minimum atomic E-state index is -0.0216. The lowest BCUT2D eigenvalue weighted by Crippen LogP contribution is -2.41. The zero-order chi connectivity index (χ0) is 20.5. The topological polar surface area (TPSA) is 49.3 Å². The van der Waals surface area contributed by atoms with E-state index in [0.717, 1.165) is 43.0 Å². The number of para-hydroxylation sites is 2. The van der Waals surface area contributed by atoms with Gasteiger partial charge in [0.25, 0.3) is 0 Å². The zero-order valence-electron chi connectivity index (χ0n) is 18.8. The number of ether oxygens (including phenoxy) is 2. The molecule has 2 aliphatic heterocycles. The number of halogens is 1. The number of aliphatic imine (C=N–C) groups is 1. The van der Waals surface area contributed by atoms with Gasteiger partial charge in [0, 0.05) is 26.2 Å². The Balaban J connectivity index is 0.00000320. The summed E-state index contributed by atoms with van der Waals surface area (Å²) in [4.78, 5) is 9.96. The first kappa shape index (κ1) is 25.0. The van der Waals surface area contributed by atoms with Gasteiger partial charge in [-0.3, -0.25) is 0 Å². The second-order valence-corrected chi connectivity index (χ2v) is 8.24. The molecule has 170 valence electrons. The summed E-state index contributed by atoms with van der Waals surface area (Å²) in [6.07, 6.45) is 5.37. The van der Waals surface area contributed by atoms with Crippen LogP contribution in [0.4, 0.5) is 0 Å². The smallest absolute Gasteiger partial charge is 0.194 e. The summed E-state index contributed by atoms with van der Waals surface area (Å²) in [5, 5.41) is 3.47. The lowest BCUT2D eigenvalue weighted by atomic mass is 10.1. The van der Waals surface area contributed by atoms with Gasteiger partial charge in [-0.1, -0.05) is 18.6 Å². The summed E-state index contributed by atoms with van der Waals surface area (Å²) < 4.78 is 11.4. The average Bonchev–Trinajstić information content (AvgIpc) is 3.20. The number of methoxy groups -OCH3 is 1. The molecule has 0 spiro atoms. The predicted molar refractivity (Wildman–Crippen MR) is 134 cm³/mol. The minimum absolute atomic E-state index is 0. The van der Waals surface area contributed by atoms with E-state index in [-0.39, 0.29) is 30.1 Å². The molecule has 0 amide bonds. The molecule has 2 unspecified atom stereocenters. The monoisotopic (exact) mass is 530 g/mol. The van der Waals surface area contributed by atoms with Gasteiger partial charge in [-0.15, -0.1) is 24.0 Å². The van der Waals surface area contributed by atoms with Crippen LogP contribution in [0, 0.1) is 5.92 Å². The summed E-state index contributed by atoms with van der Waals surface area (Å²) in [7, 11) is 1.67. The van der Waals surface area contributed by atoms with E-state index >= 15 is 0 Å². The third kappa shape index (κ3) is 7.48. The Morgan fingerprint density at radius 2 is 1.90 bits per heavy atom. The van der Waals surface area contributed by atoms with Crippen LogP contribution in [-0.4, -0.2) is 74.8 Å². The number of rotatable bonds is 8. The first-order valence-corrected chi connectivity index (χ1v) is 11.2. The number of nitrogens with zero attached hydrogens (tertiary/aromatic N) is 3. The van der Waals surface area contributed by atoms with Crippen molar-refractivity contribution in [1.29, 1.82) is 0 Å².